The molecular weight excluding hydrogens is 372 g/mol. The first kappa shape index (κ1) is 17.4. The van der Waals surface area contributed by atoms with Crippen molar-refractivity contribution in [3.8, 4) is 0 Å². The van der Waals surface area contributed by atoms with Crippen LogP contribution in [0.5, 0.6) is 0 Å². The number of hydrogen-bond donors (Lipinski definition) is 2. The Morgan fingerprint density at radius 1 is 1.33 bits per heavy atom. The van der Waals surface area contributed by atoms with Crippen LogP contribution in [0, 0.1) is 0 Å². The van der Waals surface area contributed by atoms with Gasteiger partial charge in [-0.25, -0.2) is 13.2 Å². The van der Waals surface area contributed by atoms with Gasteiger partial charge < -0.3 is 9.73 Å². The minimum absolute atomic E-state index is 0.185. The summed E-state index contributed by atoms with van der Waals surface area (Å²) in [6.07, 6.45) is 4.61. The second kappa shape index (κ2) is 6.32. The number of nitrogens with one attached hydrogen (secondary N) is 2. The van der Waals surface area contributed by atoms with Crippen molar-refractivity contribution in [1.29, 1.82) is 0 Å². The number of aromatic nitrogens is 2. The van der Waals surface area contributed by atoms with E-state index in [2.05, 4.69) is 15.3 Å². The van der Waals surface area contributed by atoms with E-state index in [1.807, 2.05) is 0 Å². The number of para-hydroxylation sites is 1. The van der Waals surface area contributed by atoms with Crippen LogP contribution in [0.25, 0.3) is 11.1 Å². The van der Waals surface area contributed by atoms with Gasteiger partial charge in [0.05, 0.1) is 23.0 Å². The van der Waals surface area contributed by atoms with E-state index in [-0.39, 0.29) is 12.1 Å². The van der Waals surface area contributed by atoms with Crippen molar-refractivity contribution in [3.63, 3.8) is 0 Å². The van der Waals surface area contributed by atoms with Gasteiger partial charge in [0.15, 0.2) is 5.58 Å². The molecule has 2 aromatic heterocycles. The van der Waals surface area contributed by atoms with E-state index >= 15 is 0 Å². The molecule has 3 heterocycles. The fourth-order valence-corrected chi connectivity index (χ4v) is 4.00. The number of fused-ring (bicyclic) bond motifs is 2. The largest absolute Gasteiger partial charge is 0.417 e. The van der Waals surface area contributed by atoms with Crippen molar-refractivity contribution in [2.24, 2.45) is 0 Å². The van der Waals surface area contributed by atoms with E-state index in [1.165, 1.54) is 10.5 Å². The summed E-state index contributed by atoms with van der Waals surface area (Å²) in [6, 6.07) is 4.99. The third-order valence-electron chi connectivity index (χ3n) is 4.51. The van der Waals surface area contributed by atoms with Crippen LogP contribution < -0.4 is 11.1 Å². The maximum absolute atomic E-state index is 12.8. The van der Waals surface area contributed by atoms with Crippen LogP contribution in [-0.2, 0) is 23.0 Å². The molecule has 2 N–H and O–H groups in total. The van der Waals surface area contributed by atoms with E-state index in [1.54, 1.807) is 24.4 Å². The molecule has 9 nitrogen and oxygen atoms in total. The van der Waals surface area contributed by atoms with Gasteiger partial charge in [-0.05, 0) is 29.7 Å². The molecule has 10 heteroatoms. The molecule has 0 fully saturated rings. The molecule has 4 rings (SSSR count). The van der Waals surface area contributed by atoms with Gasteiger partial charge in [-0.2, -0.15) is 4.31 Å². The lowest BCUT2D eigenvalue weighted by Gasteiger charge is -2.27. The van der Waals surface area contributed by atoms with E-state index in [0.717, 1.165) is 11.8 Å². The standard InChI is InChI=1S/C17H16N4O5S/c1-27(24,25)21-6-5-11-10(9-21)7-18-8-12(11)16(22)19-13-3-2-4-14-15(13)26-17(23)20-14/h2-4,7-8H,5-6,9H2,1H3,(H,19,22)(H,20,23). The Balaban J connectivity index is 1.66. The number of rotatable bonds is 3. The highest BCUT2D eigenvalue weighted by atomic mass is 32.2. The fraction of sp³-hybridized carbons (Fsp3) is 0.235. The number of H-pyrrole nitrogens is 1. The number of benzene rings is 1. The van der Waals surface area contributed by atoms with Crippen molar-refractivity contribution in [2.75, 3.05) is 18.1 Å². The summed E-state index contributed by atoms with van der Waals surface area (Å²) in [5.74, 6) is -1.00. The number of nitrogens with zero attached hydrogens (tertiary/aromatic N) is 2. The lowest BCUT2D eigenvalue weighted by molar-refractivity contribution is 0.102. The van der Waals surface area contributed by atoms with E-state index in [4.69, 9.17) is 4.42 Å². The van der Waals surface area contributed by atoms with Gasteiger partial charge in [0.25, 0.3) is 5.91 Å². The van der Waals surface area contributed by atoms with Gasteiger partial charge in [0.1, 0.15) is 0 Å². The minimum Gasteiger partial charge on any atom is -0.406 e. The van der Waals surface area contributed by atoms with Crippen LogP contribution in [0.2, 0.25) is 0 Å². The number of amides is 1. The van der Waals surface area contributed by atoms with Crippen molar-refractivity contribution >= 4 is 32.7 Å². The molecule has 140 valence electrons. The molecule has 3 aromatic rings. The first-order valence-electron chi connectivity index (χ1n) is 8.17. The highest BCUT2D eigenvalue weighted by Crippen LogP contribution is 2.25. The molecule has 1 aromatic carbocycles. The zero-order valence-electron chi connectivity index (χ0n) is 14.4. The molecule has 0 saturated heterocycles. The number of sulfonamides is 1. The molecular formula is C17H16N4O5S. The number of anilines is 1. The number of pyridine rings is 1. The lowest BCUT2D eigenvalue weighted by atomic mass is 9.98. The van der Waals surface area contributed by atoms with Gasteiger partial charge in [-0.3, -0.25) is 14.8 Å². The fourth-order valence-electron chi connectivity index (χ4n) is 3.21. The SMILES string of the molecule is CS(=O)(=O)N1CCc2c(cncc2C(=O)Nc2cccc3[nH]c(=O)oc23)C1. The second-order valence-corrected chi connectivity index (χ2v) is 8.30. The zero-order chi connectivity index (χ0) is 19.2. The van der Waals surface area contributed by atoms with Crippen LogP contribution >= 0.6 is 0 Å². The second-order valence-electron chi connectivity index (χ2n) is 6.32. The molecule has 0 spiro atoms. The molecule has 0 saturated carbocycles. The Morgan fingerprint density at radius 3 is 2.93 bits per heavy atom. The zero-order valence-corrected chi connectivity index (χ0v) is 15.2. The molecule has 0 aliphatic carbocycles. The monoisotopic (exact) mass is 388 g/mol. The third kappa shape index (κ3) is 3.24. The Bertz CT molecular complexity index is 1210. The molecule has 1 aliphatic heterocycles. The van der Waals surface area contributed by atoms with Gasteiger partial charge in [-0.1, -0.05) is 6.07 Å². The summed E-state index contributed by atoms with van der Waals surface area (Å²) in [4.78, 5) is 30.8. The predicted molar refractivity (Wildman–Crippen MR) is 98.0 cm³/mol. The summed E-state index contributed by atoms with van der Waals surface area (Å²) in [5, 5.41) is 2.74. The Morgan fingerprint density at radius 2 is 2.15 bits per heavy atom. The third-order valence-corrected chi connectivity index (χ3v) is 5.76. The van der Waals surface area contributed by atoms with Gasteiger partial charge in [0, 0.05) is 25.5 Å². The number of carbonyl (C=O) groups excluding carboxylic acids is 1. The van der Waals surface area contributed by atoms with Crippen molar-refractivity contribution < 1.29 is 17.6 Å². The molecule has 1 amide bonds. The Labute approximate surface area is 154 Å². The average molecular weight is 388 g/mol. The van der Waals surface area contributed by atoms with E-state index in [0.29, 0.717) is 35.3 Å². The molecule has 0 bridgehead atoms. The lowest BCUT2D eigenvalue weighted by Crippen LogP contribution is -2.36. The number of hydrogen-bond acceptors (Lipinski definition) is 6. The molecule has 1 aliphatic rings. The Kier molecular flexibility index (Phi) is 4.08. The normalized spacial score (nSPS) is 14.9. The highest BCUT2D eigenvalue weighted by Gasteiger charge is 2.27. The van der Waals surface area contributed by atoms with Crippen LogP contribution in [0.1, 0.15) is 21.5 Å². The van der Waals surface area contributed by atoms with Crippen molar-refractivity contribution in [1.82, 2.24) is 14.3 Å². The summed E-state index contributed by atoms with van der Waals surface area (Å²) < 4.78 is 30.0. The first-order valence-corrected chi connectivity index (χ1v) is 10.0. The summed E-state index contributed by atoms with van der Waals surface area (Å²) in [5.41, 5.74) is 2.94. The van der Waals surface area contributed by atoms with Gasteiger partial charge in [0.2, 0.25) is 10.0 Å². The van der Waals surface area contributed by atoms with Crippen LogP contribution in [-0.4, -0.2) is 41.4 Å². The average Bonchev–Trinajstić information content (AvgIpc) is 3.01. The maximum atomic E-state index is 12.8. The van der Waals surface area contributed by atoms with Crippen LogP contribution in [0.3, 0.4) is 0 Å². The number of oxazole rings is 1. The Hall–Kier alpha value is -2.98. The predicted octanol–water partition coefficient (Wildman–Crippen LogP) is 1.09. The van der Waals surface area contributed by atoms with Crippen molar-refractivity contribution in [3.05, 3.63) is 57.8 Å². The molecule has 0 atom stereocenters. The topological polar surface area (TPSA) is 125 Å². The maximum Gasteiger partial charge on any atom is 0.417 e. The number of carbonyl (C=O) groups is 1. The molecule has 27 heavy (non-hydrogen) atoms. The molecule has 0 unspecified atom stereocenters. The van der Waals surface area contributed by atoms with E-state index < -0.39 is 21.7 Å². The van der Waals surface area contributed by atoms with E-state index in [9.17, 15) is 18.0 Å². The molecule has 0 radical (unpaired) electrons. The van der Waals surface area contributed by atoms with Crippen LogP contribution in [0.4, 0.5) is 5.69 Å². The highest BCUT2D eigenvalue weighted by molar-refractivity contribution is 7.88. The summed E-state index contributed by atoms with van der Waals surface area (Å²) >= 11 is 0. The summed E-state index contributed by atoms with van der Waals surface area (Å²) in [7, 11) is -3.31. The van der Waals surface area contributed by atoms with Crippen molar-refractivity contribution in [2.45, 2.75) is 13.0 Å². The smallest absolute Gasteiger partial charge is 0.406 e. The number of aromatic amines is 1. The first-order chi connectivity index (χ1) is 12.8. The van der Waals surface area contributed by atoms with Gasteiger partial charge in [-0.15, -0.1) is 0 Å². The summed E-state index contributed by atoms with van der Waals surface area (Å²) in [6.45, 7) is 0.489. The van der Waals surface area contributed by atoms with Crippen LogP contribution in [0.15, 0.2) is 39.8 Å². The quantitative estimate of drug-likeness (QED) is 0.692. The van der Waals surface area contributed by atoms with Gasteiger partial charge >= 0.3 is 5.76 Å². The minimum atomic E-state index is -3.31.